The summed E-state index contributed by atoms with van der Waals surface area (Å²) in [6.07, 6.45) is -3.69. The summed E-state index contributed by atoms with van der Waals surface area (Å²) >= 11 is 5.95. The summed E-state index contributed by atoms with van der Waals surface area (Å²) in [6.45, 7) is 1.20. The summed E-state index contributed by atoms with van der Waals surface area (Å²) in [5.41, 5.74) is 0.766. The van der Waals surface area contributed by atoms with Crippen LogP contribution in [-0.4, -0.2) is 52.0 Å². The number of aromatic nitrogens is 4. The summed E-state index contributed by atoms with van der Waals surface area (Å²) in [7, 11) is 1.58. The van der Waals surface area contributed by atoms with E-state index in [1.807, 2.05) is 4.90 Å². The average molecular weight is 564 g/mol. The predicted molar refractivity (Wildman–Crippen MR) is 137 cm³/mol. The van der Waals surface area contributed by atoms with Crippen LogP contribution in [0, 0.1) is 12.7 Å². The number of nitrogens with zero attached hydrogens (tertiary/aromatic N) is 5. The van der Waals surface area contributed by atoms with Crippen LogP contribution >= 0.6 is 11.6 Å². The van der Waals surface area contributed by atoms with Crippen LogP contribution in [0.5, 0.6) is 5.88 Å². The molecular formula is C26H22ClF4N5O3. The maximum absolute atomic E-state index is 15.0. The lowest BCUT2D eigenvalue weighted by atomic mass is 10.1. The van der Waals surface area contributed by atoms with Gasteiger partial charge in [0.1, 0.15) is 23.6 Å². The van der Waals surface area contributed by atoms with Gasteiger partial charge >= 0.3 is 6.18 Å². The normalized spacial score (nSPS) is 16.1. The number of alkyl halides is 3. The van der Waals surface area contributed by atoms with E-state index in [0.717, 1.165) is 6.07 Å². The number of pyridine rings is 2. The van der Waals surface area contributed by atoms with Gasteiger partial charge in [-0.3, -0.25) is 9.36 Å². The van der Waals surface area contributed by atoms with E-state index in [1.165, 1.54) is 29.0 Å². The molecule has 0 saturated carbocycles. The third-order valence-corrected chi connectivity index (χ3v) is 6.60. The predicted octanol–water partition coefficient (Wildman–Crippen LogP) is 5.01. The summed E-state index contributed by atoms with van der Waals surface area (Å²) in [6, 6.07) is 8.81. The quantitative estimate of drug-likeness (QED) is 0.316. The van der Waals surface area contributed by atoms with Gasteiger partial charge in [0.15, 0.2) is 6.61 Å². The van der Waals surface area contributed by atoms with Crippen molar-refractivity contribution < 1.29 is 27.0 Å². The lowest BCUT2D eigenvalue weighted by molar-refractivity contribution is -0.154. The van der Waals surface area contributed by atoms with Gasteiger partial charge in [0.25, 0.3) is 5.56 Å². The van der Waals surface area contributed by atoms with Crippen LogP contribution in [0.3, 0.4) is 0 Å². The molecule has 0 bridgehead atoms. The molecule has 8 nitrogen and oxygen atoms in total. The minimum Gasteiger partial charge on any atom is -0.468 e. The molecular weight excluding hydrogens is 542 g/mol. The molecule has 5 rings (SSSR count). The molecule has 1 fully saturated rings. The van der Waals surface area contributed by atoms with Crippen LogP contribution in [0.1, 0.15) is 17.5 Å². The van der Waals surface area contributed by atoms with Crippen molar-refractivity contribution in [2.24, 2.45) is 7.05 Å². The Bertz CT molecular complexity index is 1610. The second-order valence-electron chi connectivity index (χ2n) is 9.01. The molecule has 4 heterocycles. The Balaban J connectivity index is 1.54. The molecule has 39 heavy (non-hydrogen) atoms. The van der Waals surface area contributed by atoms with Gasteiger partial charge in [-0.1, -0.05) is 11.6 Å². The summed E-state index contributed by atoms with van der Waals surface area (Å²) in [4.78, 5) is 28.2. The topological polar surface area (TPSA) is 82.4 Å². The Morgan fingerprint density at radius 3 is 2.72 bits per heavy atom. The standard InChI is InChI=1S/C26H22ClF4N5O3/c1-14-33-19-11-21(34-24(23(19)25(37)35(14)2)17-4-3-16(27)10-18(17)28)36-7-8-38-20(12-36)15-5-6-32-22(9-15)39-13-26(29,30)31/h3-6,9-11,20H,7-8,12-13H2,1-2H3/t20-/m0/s1. The average Bonchev–Trinajstić information content (AvgIpc) is 2.90. The number of morpholine rings is 1. The van der Waals surface area contributed by atoms with E-state index >= 15 is 4.39 Å². The van der Waals surface area contributed by atoms with E-state index in [0.29, 0.717) is 29.3 Å². The zero-order valence-corrected chi connectivity index (χ0v) is 21.6. The van der Waals surface area contributed by atoms with Gasteiger partial charge in [0.2, 0.25) is 5.88 Å². The first-order valence-electron chi connectivity index (χ1n) is 11.9. The molecule has 0 unspecified atom stereocenters. The van der Waals surface area contributed by atoms with Gasteiger partial charge in [-0.25, -0.2) is 19.3 Å². The first kappa shape index (κ1) is 26.8. The van der Waals surface area contributed by atoms with Crippen molar-refractivity contribution in [3.8, 4) is 17.1 Å². The molecule has 4 aromatic rings. The molecule has 1 aliphatic heterocycles. The number of benzene rings is 1. The van der Waals surface area contributed by atoms with Crippen molar-refractivity contribution in [2.45, 2.75) is 19.2 Å². The highest BCUT2D eigenvalue weighted by Crippen LogP contribution is 2.33. The lowest BCUT2D eigenvalue weighted by Crippen LogP contribution is -2.39. The second kappa shape index (κ2) is 10.4. The fraction of sp³-hybridized carbons (Fsp3) is 0.308. The molecule has 0 aliphatic carbocycles. The third kappa shape index (κ3) is 5.66. The number of fused-ring (bicyclic) bond motifs is 1. The number of ether oxygens (including phenoxy) is 2. The lowest BCUT2D eigenvalue weighted by Gasteiger charge is -2.34. The fourth-order valence-electron chi connectivity index (χ4n) is 4.34. The Labute approximate surface area is 224 Å². The number of hydrogen-bond donors (Lipinski definition) is 0. The zero-order valence-electron chi connectivity index (χ0n) is 20.8. The van der Waals surface area contributed by atoms with E-state index in [2.05, 4.69) is 9.97 Å². The van der Waals surface area contributed by atoms with Crippen molar-refractivity contribution in [1.29, 1.82) is 0 Å². The Morgan fingerprint density at radius 2 is 1.97 bits per heavy atom. The van der Waals surface area contributed by atoms with Crippen LogP contribution in [0.2, 0.25) is 5.02 Å². The molecule has 1 saturated heterocycles. The molecule has 0 amide bonds. The van der Waals surface area contributed by atoms with E-state index in [9.17, 15) is 18.0 Å². The zero-order chi connectivity index (χ0) is 27.9. The third-order valence-electron chi connectivity index (χ3n) is 6.36. The van der Waals surface area contributed by atoms with Gasteiger partial charge in [-0.15, -0.1) is 0 Å². The van der Waals surface area contributed by atoms with E-state index in [-0.39, 0.29) is 46.3 Å². The maximum Gasteiger partial charge on any atom is 0.422 e. The first-order chi connectivity index (χ1) is 18.5. The monoisotopic (exact) mass is 563 g/mol. The molecule has 0 N–H and O–H groups in total. The van der Waals surface area contributed by atoms with E-state index < -0.39 is 24.7 Å². The minimum absolute atomic E-state index is 0.0967. The molecule has 1 aromatic carbocycles. The summed E-state index contributed by atoms with van der Waals surface area (Å²) in [5, 5.41) is 0.365. The Morgan fingerprint density at radius 1 is 1.18 bits per heavy atom. The van der Waals surface area contributed by atoms with Crippen LogP contribution in [0.25, 0.3) is 22.2 Å². The molecule has 1 aliphatic rings. The molecule has 13 heteroatoms. The van der Waals surface area contributed by atoms with E-state index in [4.69, 9.17) is 26.1 Å². The highest BCUT2D eigenvalue weighted by atomic mass is 35.5. The second-order valence-corrected chi connectivity index (χ2v) is 9.44. The minimum atomic E-state index is -4.49. The number of anilines is 1. The van der Waals surface area contributed by atoms with Crippen LogP contribution in [0.15, 0.2) is 47.4 Å². The maximum atomic E-state index is 15.0. The summed E-state index contributed by atoms with van der Waals surface area (Å²) in [5.74, 6) is 0.0858. The Kier molecular flexibility index (Phi) is 7.17. The van der Waals surface area contributed by atoms with Gasteiger partial charge < -0.3 is 14.4 Å². The highest BCUT2D eigenvalue weighted by Gasteiger charge is 2.29. The van der Waals surface area contributed by atoms with Crippen molar-refractivity contribution >= 4 is 28.3 Å². The molecule has 3 aromatic heterocycles. The van der Waals surface area contributed by atoms with Gasteiger partial charge in [-0.05, 0) is 36.8 Å². The van der Waals surface area contributed by atoms with Crippen molar-refractivity contribution in [3.63, 3.8) is 0 Å². The smallest absolute Gasteiger partial charge is 0.422 e. The number of hydrogen-bond acceptors (Lipinski definition) is 7. The van der Waals surface area contributed by atoms with E-state index in [1.54, 1.807) is 26.1 Å². The van der Waals surface area contributed by atoms with Crippen molar-refractivity contribution in [1.82, 2.24) is 19.5 Å². The molecule has 0 spiro atoms. The van der Waals surface area contributed by atoms with Crippen molar-refractivity contribution in [2.75, 3.05) is 31.2 Å². The van der Waals surface area contributed by atoms with Gasteiger partial charge in [0, 0.05) is 49.1 Å². The van der Waals surface area contributed by atoms with Crippen LogP contribution in [-0.2, 0) is 11.8 Å². The number of halogens is 5. The molecule has 204 valence electrons. The Hall–Kier alpha value is -3.77. The SMILES string of the molecule is Cc1nc2cc(N3CCO[C@H](c4ccnc(OCC(F)(F)F)c4)C3)nc(-c3ccc(Cl)cc3F)c2c(=O)n1C. The number of aryl methyl sites for hydroxylation is 1. The summed E-state index contributed by atoms with van der Waals surface area (Å²) < 4.78 is 64.8. The fourth-order valence-corrected chi connectivity index (χ4v) is 4.50. The molecule has 1 atom stereocenters. The molecule has 0 radical (unpaired) electrons. The first-order valence-corrected chi connectivity index (χ1v) is 12.2. The van der Waals surface area contributed by atoms with Crippen LogP contribution < -0.4 is 15.2 Å². The van der Waals surface area contributed by atoms with Gasteiger partial charge in [0.05, 0.1) is 23.2 Å². The highest BCUT2D eigenvalue weighted by molar-refractivity contribution is 6.30. The largest absolute Gasteiger partial charge is 0.468 e. The van der Waals surface area contributed by atoms with Gasteiger partial charge in [-0.2, -0.15) is 13.2 Å². The van der Waals surface area contributed by atoms with Crippen molar-refractivity contribution in [3.05, 3.63) is 75.2 Å². The number of rotatable bonds is 5. The van der Waals surface area contributed by atoms with Crippen LogP contribution in [0.4, 0.5) is 23.4 Å².